The van der Waals surface area contributed by atoms with Crippen LogP contribution in [-0.2, 0) is 0 Å². The number of unbranched alkanes of at least 4 members (excludes halogenated alkanes) is 2. The van der Waals surface area contributed by atoms with Gasteiger partial charge in [-0.15, -0.1) is 0 Å². The third-order valence-corrected chi connectivity index (χ3v) is 4.48. The predicted octanol–water partition coefficient (Wildman–Crippen LogP) is 4.81. The fourth-order valence-electron chi connectivity index (χ4n) is 2.40. The average Bonchev–Trinajstić information content (AvgIpc) is 2.93. The van der Waals surface area contributed by atoms with Crippen LogP contribution in [0.2, 0.25) is 0 Å². The molecule has 0 fully saturated rings. The van der Waals surface area contributed by atoms with Crippen LogP contribution in [0.25, 0.3) is 16.7 Å². The highest BCUT2D eigenvalue weighted by molar-refractivity contribution is 7.99. The zero-order chi connectivity index (χ0) is 15.2. The average molecular weight is 307 g/mol. The van der Waals surface area contributed by atoms with Crippen molar-refractivity contribution in [1.29, 1.82) is 5.26 Å². The number of para-hydroxylation sites is 3. The Morgan fingerprint density at radius 1 is 1.00 bits per heavy atom. The lowest BCUT2D eigenvalue weighted by molar-refractivity contribution is 0.825. The van der Waals surface area contributed by atoms with Crippen LogP contribution in [0.1, 0.15) is 19.3 Å². The second-order valence-electron chi connectivity index (χ2n) is 5.02. The lowest BCUT2D eigenvalue weighted by Crippen LogP contribution is -1.96. The maximum absolute atomic E-state index is 8.60. The van der Waals surface area contributed by atoms with Gasteiger partial charge in [-0.05, 0) is 37.1 Å². The fourth-order valence-corrected chi connectivity index (χ4v) is 3.42. The van der Waals surface area contributed by atoms with Gasteiger partial charge < -0.3 is 0 Å². The summed E-state index contributed by atoms with van der Waals surface area (Å²) in [7, 11) is 0. The van der Waals surface area contributed by atoms with Crippen LogP contribution in [0.5, 0.6) is 0 Å². The standard InChI is InChI=1S/C18H17N3S/c19-13-7-2-8-14-22-18-20-16-11-5-6-12-17(16)21(18)15-9-3-1-4-10-15/h1,3-6,9-12H,2,7-8,14H2. The Morgan fingerprint density at radius 2 is 1.77 bits per heavy atom. The van der Waals surface area contributed by atoms with Crippen LogP contribution in [-0.4, -0.2) is 15.3 Å². The zero-order valence-corrected chi connectivity index (χ0v) is 13.1. The van der Waals surface area contributed by atoms with Crippen LogP contribution in [0.15, 0.2) is 59.8 Å². The fraction of sp³-hybridized carbons (Fsp3) is 0.222. The molecule has 0 atom stereocenters. The van der Waals surface area contributed by atoms with E-state index in [2.05, 4.69) is 34.9 Å². The Hall–Kier alpha value is -2.25. The van der Waals surface area contributed by atoms with E-state index in [0.717, 1.165) is 40.5 Å². The lowest BCUT2D eigenvalue weighted by atomic mass is 10.3. The smallest absolute Gasteiger partial charge is 0.173 e. The van der Waals surface area contributed by atoms with Gasteiger partial charge in [0.25, 0.3) is 0 Å². The van der Waals surface area contributed by atoms with E-state index in [1.807, 2.05) is 30.3 Å². The third-order valence-electron chi connectivity index (χ3n) is 3.46. The second-order valence-corrected chi connectivity index (χ2v) is 6.08. The van der Waals surface area contributed by atoms with Crippen LogP contribution >= 0.6 is 11.8 Å². The number of nitrogens with zero attached hydrogens (tertiary/aromatic N) is 3. The summed E-state index contributed by atoms with van der Waals surface area (Å²) in [5.74, 6) is 0.984. The molecule has 0 unspecified atom stereocenters. The maximum Gasteiger partial charge on any atom is 0.173 e. The number of hydrogen-bond acceptors (Lipinski definition) is 3. The molecule has 1 heterocycles. The number of rotatable bonds is 6. The van der Waals surface area contributed by atoms with Gasteiger partial charge in [-0.2, -0.15) is 5.26 Å². The summed E-state index contributed by atoms with van der Waals surface area (Å²) >= 11 is 1.76. The van der Waals surface area contributed by atoms with Crippen molar-refractivity contribution in [3.8, 4) is 11.8 Å². The number of aromatic nitrogens is 2. The summed E-state index contributed by atoms with van der Waals surface area (Å²) in [6.45, 7) is 0. The van der Waals surface area contributed by atoms with E-state index in [0.29, 0.717) is 6.42 Å². The van der Waals surface area contributed by atoms with Gasteiger partial charge in [-0.3, -0.25) is 4.57 Å². The highest BCUT2D eigenvalue weighted by Gasteiger charge is 2.12. The highest BCUT2D eigenvalue weighted by Crippen LogP contribution is 2.28. The van der Waals surface area contributed by atoms with Crippen molar-refractivity contribution in [3.05, 3.63) is 54.6 Å². The van der Waals surface area contributed by atoms with Gasteiger partial charge in [0.1, 0.15) is 0 Å². The highest BCUT2D eigenvalue weighted by atomic mass is 32.2. The summed E-state index contributed by atoms with van der Waals surface area (Å²) in [6, 6.07) is 20.7. The number of fused-ring (bicyclic) bond motifs is 1. The monoisotopic (exact) mass is 307 g/mol. The van der Waals surface area contributed by atoms with Gasteiger partial charge in [0.15, 0.2) is 5.16 Å². The molecule has 0 saturated heterocycles. The van der Waals surface area contributed by atoms with Gasteiger partial charge in [-0.1, -0.05) is 42.1 Å². The van der Waals surface area contributed by atoms with E-state index >= 15 is 0 Å². The Bertz CT molecular complexity index is 787. The van der Waals surface area contributed by atoms with Gasteiger partial charge in [-0.25, -0.2) is 4.98 Å². The summed E-state index contributed by atoms with van der Waals surface area (Å²) < 4.78 is 2.21. The van der Waals surface area contributed by atoms with Crippen LogP contribution in [0, 0.1) is 11.3 Å². The van der Waals surface area contributed by atoms with Crippen molar-refractivity contribution in [2.24, 2.45) is 0 Å². The Balaban J connectivity index is 1.90. The summed E-state index contributed by atoms with van der Waals surface area (Å²) in [6.07, 6.45) is 2.63. The molecule has 0 aliphatic rings. The molecule has 0 bridgehead atoms. The minimum Gasteiger partial charge on any atom is -0.287 e. The predicted molar refractivity (Wildman–Crippen MR) is 91.3 cm³/mol. The van der Waals surface area contributed by atoms with Crippen LogP contribution in [0.4, 0.5) is 0 Å². The molecule has 0 spiro atoms. The quantitative estimate of drug-likeness (QED) is 0.484. The SMILES string of the molecule is N#CCCCCSc1nc2ccccc2n1-c1ccccc1. The first kappa shape index (κ1) is 14.7. The molecule has 4 heteroatoms. The summed E-state index contributed by atoms with van der Waals surface area (Å²) in [5, 5.41) is 9.62. The lowest BCUT2D eigenvalue weighted by Gasteiger charge is -2.08. The first-order chi connectivity index (χ1) is 10.9. The Kier molecular flexibility index (Phi) is 4.77. The van der Waals surface area contributed by atoms with Gasteiger partial charge in [0, 0.05) is 17.9 Å². The van der Waals surface area contributed by atoms with E-state index in [1.54, 1.807) is 11.8 Å². The van der Waals surface area contributed by atoms with Crippen molar-refractivity contribution < 1.29 is 0 Å². The molecule has 2 aromatic carbocycles. The number of hydrogen-bond donors (Lipinski definition) is 0. The zero-order valence-electron chi connectivity index (χ0n) is 12.3. The normalized spacial score (nSPS) is 10.7. The van der Waals surface area contributed by atoms with Gasteiger partial charge >= 0.3 is 0 Å². The summed E-state index contributed by atoms with van der Waals surface area (Å²) in [4.78, 5) is 4.77. The van der Waals surface area contributed by atoms with E-state index in [4.69, 9.17) is 10.2 Å². The molecule has 0 aliphatic carbocycles. The topological polar surface area (TPSA) is 41.6 Å². The van der Waals surface area contributed by atoms with E-state index in [1.165, 1.54) is 0 Å². The number of imidazole rings is 1. The van der Waals surface area contributed by atoms with E-state index in [9.17, 15) is 0 Å². The third kappa shape index (κ3) is 3.15. The first-order valence-corrected chi connectivity index (χ1v) is 8.41. The van der Waals surface area contributed by atoms with Crippen molar-refractivity contribution in [3.63, 3.8) is 0 Å². The molecule has 1 aromatic heterocycles. The molecule has 3 nitrogen and oxygen atoms in total. The molecular weight excluding hydrogens is 290 g/mol. The molecule has 0 amide bonds. The minimum absolute atomic E-state index is 0.635. The molecule has 0 saturated carbocycles. The van der Waals surface area contributed by atoms with Crippen molar-refractivity contribution in [2.75, 3.05) is 5.75 Å². The van der Waals surface area contributed by atoms with E-state index < -0.39 is 0 Å². The Morgan fingerprint density at radius 3 is 2.59 bits per heavy atom. The molecule has 3 rings (SSSR count). The van der Waals surface area contributed by atoms with Crippen LogP contribution in [0.3, 0.4) is 0 Å². The molecule has 0 N–H and O–H groups in total. The van der Waals surface area contributed by atoms with Crippen molar-refractivity contribution in [2.45, 2.75) is 24.4 Å². The number of nitriles is 1. The summed E-state index contributed by atoms with van der Waals surface area (Å²) in [5.41, 5.74) is 3.29. The van der Waals surface area contributed by atoms with Crippen LogP contribution < -0.4 is 0 Å². The van der Waals surface area contributed by atoms with E-state index in [-0.39, 0.29) is 0 Å². The molecular formula is C18H17N3S. The number of thioether (sulfide) groups is 1. The molecule has 0 radical (unpaired) electrons. The minimum atomic E-state index is 0.635. The molecule has 0 aliphatic heterocycles. The first-order valence-electron chi connectivity index (χ1n) is 7.43. The molecule has 22 heavy (non-hydrogen) atoms. The number of benzene rings is 2. The molecule has 110 valence electrons. The maximum atomic E-state index is 8.60. The van der Waals surface area contributed by atoms with Crippen molar-refractivity contribution >= 4 is 22.8 Å². The van der Waals surface area contributed by atoms with Gasteiger partial charge in [0.05, 0.1) is 17.1 Å². The Labute approximate surface area is 134 Å². The molecule has 3 aromatic rings. The van der Waals surface area contributed by atoms with Crippen molar-refractivity contribution in [1.82, 2.24) is 9.55 Å². The van der Waals surface area contributed by atoms with Gasteiger partial charge in [0.2, 0.25) is 0 Å². The second kappa shape index (κ2) is 7.15. The largest absolute Gasteiger partial charge is 0.287 e.